The number of aliphatic hydroxyl groups excluding tert-OH is 1. The fraction of sp³-hybridized carbons (Fsp3) is 0.867. The molecule has 0 aromatic rings. The molecule has 0 bridgehead atoms. The lowest BCUT2D eigenvalue weighted by molar-refractivity contribution is 0.0565. The molecule has 0 fully saturated rings. The molecule has 0 aliphatic heterocycles. The molecule has 5 nitrogen and oxygen atoms in total. The Morgan fingerprint density at radius 1 is 1.14 bits per heavy atom. The number of aliphatic hydroxyl groups is 1. The van der Waals surface area contributed by atoms with Crippen LogP contribution >= 0.6 is 0 Å². The molecule has 0 aromatic carbocycles. The van der Waals surface area contributed by atoms with Gasteiger partial charge in [-0.2, -0.15) is 0 Å². The summed E-state index contributed by atoms with van der Waals surface area (Å²) in [5, 5.41) is 12.8. The minimum absolute atomic E-state index is 0.0343. The van der Waals surface area contributed by atoms with E-state index in [9.17, 15) is 5.11 Å². The predicted octanol–water partition coefficient (Wildman–Crippen LogP) is 3.90. The van der Waals surface area contributed by atoms with Gasteiger partial charge in [-0.05, 0) is 22.2 Å². The van der Waals surface area contributed by atoms with Gasteiger partial charge in [-0.25, -0.2) is 0 Å². The molecule has 0 saturated heterocycles. The van der Waals surface area contributed by atoms with Crippen molar-refractivity contribution in [3.63, 3.8) is 0 Å². The Balaban J connectivity index is 4.60. The third-order valence-electron chi connectivity index (χ3n) is 4.01. The standard InChI is InChI=1S/C15H29N3O2Si/c1-12(2)21(13(3)4,14(5)6)9-7-8-20-11-15(19)10-17-18-16/h12-15,19H,8,10-11H2,1-6H3/t15-/m0/s1. The van der Waals surface area contributed by atoms with Crippen LogP contribution in [-0.2, 0) is 4.74 Å². The molecule has 0 aliphatic rings. The van der Waals surface area contributed by atoms with Crippen LogP contribution in [0.1, 0.15) is 41.5 Å². The zero-order valence-corrected chi connectivity index (χ0v) is 15.1. The summed E-state index contributed by atoms with van der Waals surface area (Å²) < 4.78 is 5.34. The summed E-state index contributed by atoms with van der Waals surface area (Å²) in [5.74, 6) is 3.16. The van der Waals surface area contributed by atoms with Crippen LogP contribution < -0.4 is 0 Å². The van der Waals surface area contributed by atoms with Crippen LogP contribution in [0.2, 0.25) is 16.6 Å². The average Bonchev–Trinajstić information content (AvgIpc) is 2.39. The van der Waals surface area contributed by atoms with Crippen LogP contribution in [0.15, 0.2) is 5.11 Å². The van der Waals surface area contributed by atoms with Gasteiger partial charge in [-0.15, -0.1) is 5.54 Å². The van der Waals surface area contributed by atoms with Gasteiger partial charge in [0, 0.05) is 4.91 Å². The van der Waals surface area contributed by atoms with E-state index >= 15 is 0 Å². The Morgan fingerprint density at radius 2 is 1.67 bits per heavy atom. The molecule has 0 unspecified atom stereocenters. The zero-order valence-electron chi connectivity index (χ0n) is 14.1. The molecule has 0 aromatic heterocycles. The smallest absolute Gasteiger partial charge is 0.146 e. The highest BCUT2D eigenvalue weighted by atomic mass is 28.3. The molecule has 0 heterocycles. The third-order valence-corrected chi connectivity index (χ3v) is 10.4. The summed E-state index contributed by atoms with van der Waals surface area (Å²) in [6.45, 7) is 14.1. The van der Waals surface area contributed by atoms with Crippen molar-refractivity contribution in [3.05, 3.63) is 10.4 Å². The van der Waals surface area contributed by atoms with Crippen molar-refractivity contribution in [2.45, 2.75) is 64.3 Å². The van der Waals surface area contributed by atoms with Gasteiger partial charge < -0.3 is 9.84 Å². The van der Waals surface area contributed by atoms with Crippen LogP contribution in [0.5, 0.6) is 0 Å². The fourth-order valence-corrected chi connectivity index (χ4v) is 8.30. The van der Waals surface area contributed by atoms with E-state index < -0.39 is 14.2 Å². The number of hydrogen-bond acceptors (Lipinski definition) is 3. The highest BCUT2D eigenvalue weighted by Crippen LogP contribution is 2.40. The monoisotopic (exact) mass is 311 g/mol. The van der Waals surface area contributed by atoms with Crippen LogP contribution in [0.25, 0.3) is 10.4 Å². The largest absolute Gasteiger partial charge is 0.391 e. The van der Waals surface area contributed by atoms with Crippen molar-refractivity contribution in [1.82, 2.24) is 0 Å². The van der Waals surface area contributed by atoms with Crippen LogP contribution in [0.4, 0.5) is 0 Å². The van der Waals surface area contributed by atoms with Crippen molar-refractivity contribution in [2.24, 2.45) is 5.11 Å². The van der Waals surface area contributed by atoms with Crippen molar-refractivity contribution >= 4 is 8.07 Å². The van der Waals surface area contributed by atoms with Gasteiger partial charge in [-0.3, -0.25) is 0 Å². The molecular formula is C15H29N3O2Si. The maximum Gasteiger partial charge on any atom is 0.146 e. The summed E-state index contributed by atoms with van der Waals surface area (Å²) >= 11 is 0. The van der Waals surface area contributed by atoms with Gasteiger partial charge in [0.2, 0.25) is 0 Å². The summed E-state index contributed by atoms with van der Waals surface area (Å²) in [5.41, 5.74) is 13.5. The Hall–Kier alpha value is -0.993. The quantitative estimate of drug-likeness (QED) is 0.184. The summed E-state index contributed by atoms with van der Waals surface area (Å²) in [7, 11) is -1.70. The molecule has 6 heteroatoms. The highest BCUT2D eigenvalue weighted by molar-refractivity contribution is 6.90. The topological polar surface area (TPSA) is 78.2 Å². The lowest BCUT2D eigenvalue weighted by atomic mass is 10.4. The summed E-state index contributed by atoms with van der Waals surface area (Å²) in [4.78, 5) is 2.60. The molecule has 0 amide bonds. The molecule has 0 aliphatic carbocycles. The Labute approximate surface area is 129 Å². The number of azide groups is 1. The Bertz CT molecular complexity index is 385. The minimum atomic E-state index is -1.70. The van der Waals surface area contributed by atoms with E-state index in [1.165, 1.54) is 0 Å². The van der Waals surface area contributed by atoms with E-state index in [1.807, 2.05) is 0 Å². The first-order valence-corrected chi connectivity index (χ1v) is 9.78. The second kappa shape index (κ2) is 9.86. The lowest BCUT2D eigenvalue weighted by Crippen LogP contribution is -2.43. The first kappa shape index (κ1) is 20.0. The molecule has 0 spiro atoms. The summed E-state index contributed by atoms with van der Waals surface area (Å²) in [6, 6.07) is 0. The van der Waals surface area contributed by atoms with E-state index in [2.05, 4.69) is 63.0 Å². The van der Waals surface area contributed by atoms with Gasteiger partial charge in [0.1, 0.15) is 14.7 Å². The normalized spacial score (nSPS) is 13.0. The van der Waals surface area contributed by atoms with Gasteiger partial charge >= 0.3 is 0 Å². The van der Waals surface area contributed by atoms with E-state index in [1.54, 1.807) is 0 Å². The molecule has 0 radical (unpaired) electrons. The lowest BCUT2D eigenvalue weighted by Gasteiger charge is -2.38. The number of ether oxygens (including phenoxy) is 1. The first-order chi connectivity index (χ1) is 9.78. The van der Waals surface area contributed by atoms with Crippen molar-refractivity contribution in [3.8, 4) is 11.5 Å². The zero-order chi connectivity index (χ0) is 16.5. The molecule has 0 rings (SSSR count). The second-order valence-corrected chi connectivity index (χ2v) is 11.9. The molecular weight excluding hydrogens is 282 g/mol. The molecule has 1 atom stereocenters. The average molecular weight is 312 g/mol. The Kier molecular flexibility index (Phi) is 9.39. The first-order valence-electron chi connectivity index (χ1n) is 7.55. The van der Waals surface area contributed by atoms with Crippen LogP contribution in [0, 0.1) is 11.5 Å². The molecule has 1 N–H and O–H groups in total. The van der Waals surface area contributed by atoms with Gasteiger partial charge in [0.05, 0.1) is 19.3 Å². The predicted molar refractivity (Wildman–Crippen MR) is 89.7 cm³/mol. The molecule has 0 saturated carbocycles. The van der Waals surface area contributed by atoms with Gasteiger partial charge in [-0.1, -0.05) is 52.6 Å². The third kappa shape index (κ3) is 6.11. The summed E-state index contributed by atoms with van der Waals surface area (Å²) in [6.07, 6.45) is -0.759. The number of hydrogen-bond donors (Lipinski definition) is 1. The molecule has 120 valence electrons. The van der Waals surface area contributed by atoms with Crippen molar-refractivity contribution < 1.29 is 9.84 Å². The highest BCUT2D eigenvalue weighted by Gasteiger charge is 2.41. The van der Waals surface area contributed by atoms with Crippen molar-refractivity contribution in [1.29, 1.82) is 0 Å². The van der Waals surface area contributed by atoms with E-state index in [0.717, 1.165) is 0 Å². The second-order valence-electron chi connectivity index (χ2n) is 6.28. The van der Waals surface area contributed by atoms with Crippen molar-refractivity contribution in [2.75, 3.05) is 19.8 Å². The maximum atomic E-state index is 9.47. The van der Waals surface area contributed by atoms with Gasteiger partial charge in [0.25, 0.3) is 0 Å². The van der Waals surface area contributed by atoms with E-state index in [0.29, 0.717) is 23.2 Å². The van der Waals surface area contributed by atoms with Gasteiger partial charge in [0.15, 0.2) is 0 Å². The Morgan fingerprint density at radius 3 is 2.10 bits per heavy atom. The van der Waals surface area contributed by atoms with Crippen LogP contribution in [0.3, 0.4) is 0 Å². The maximum absolute atomic E-state index is 9.47. The minimum Gasteiger partial charge on any atom is -0.391 e. The van der Waals surface area contributed by atoms with Crippen LogP contribution in [-0.4, -0.2) is 39.0 Å². The molecule has 21 heavy (non-hydrogen) atoms. The SMILES string of the molecule is CC(C)[Si](C#CCOC[C@@H](O)CN=[N+]=[N-])(C(C)C)C(C)C. The van der Waals surface area contributed by atoms with E-state index in [4.69, 9.17) is 10.3 Å². The fourth-order valence-electron chi connectivity index (χ4n) is 3.05. The number of rotatable bonds is 8. The number of nitrogens with zero attached hydrogens (tertiary/aromatic N) is 3. The van der Waals surface area contributed by atoms with E-state index in [-0.39, 0.29) is 13.2 Å².